The number of anilines is 1. The van der Waals surface area contributed by atoms with Crippen molar-refractivity contribution < 1.29 is 43.5 Å². The van der Waals surface area contributed by atoms with E-state index >= 15 is 0 Å². The second kappa shape index (κ2) is 19.1. The zero-order valence-corrected chi connectivity index (χ0v) is 29.8. The van der Waals surface area contributed by atoms with Gasteiger partial charge in [-0.25, -0.2) is 5.48 Å². The van der Waals surface area contributed by atoms with Crippen LogP contribution in [0.1, 0.15) is 98.4 Å². The van der Waals surface area contributed by atoms with Gasteiger partial charge in [0.05, 0.1) is 17.7 Å². The summed E-state index contributed by atoms with van der Waals surface area (Å²) >= 11 is 0. The summed E-state index contributed by atoms with van der Waals surface area (Å²) in [5, 5.41) is 19.9. The van der Waals surface area contributed by atoms with Crippen molar-refractivity contribution in [3.05, 3.63) is 94.5 Å². The first-order valence-electron chi connectivity index (χ1n) is 18.1. The van der Waals surface area contributed by atoms with Crippen LogP contribution in [0.5, 0.6) is 5.75 Å². The minimum Gasteiger partial charge on any atom is -0.494 e. The number of imide groups is 2. The Morgan fingerprint density at radius 1 is 0.796 bits per heavy atom. The van der Waals surface area contributed by atoms with Crippen LogP contribution in [0.25, 0.3) is 0 Å². The molecule has 0 aliphatic carbocycles. The number of nitrogens with zero attached hydrogens (tertiary/aromatic N) is 1. The van der Waals surface area contributed by atoms with Gasteiger partial charge >= 0.3 is 0 Å². The smallest absolute Gasteiger partial charge is 0.274 e. The largest absolute Gasteiger partial charge is 0.494 e. The van der Waals surface area contributed by atoms with E-state index in [9.17, 15) is 33.6 Å². The van der Waals surface area contributed by atoms with E-state index in [0.29, 0.717) is 63.2 Å². The fourth-order valence-corrected chi connectivity index (χ4v) is 6.25. The molecule has 15 heteroatoms. The summed E-state index contributed by atoms with van der Waals surface area (Å²) in [6, 6.07) is 17.6. The van der Waals surface area contributed by atoms with Crippen molar-refractivity contribution in [1.82, 2.24) is 26.3 Å². The third kappa shape index (κ3) is 10.3. The number of unbranched alkanes of at least 4 members (excludes halogenated alkanes) is 3. The molecule has 0 radical (unpaired) electrons. The van der Waals surface area contributed by atoms with E-state index in [-0.39, 0.29) is 41.3 Å². The molecule has 0 bridgehead atoms. The highest BCUT2D eigenvalue weighted by atomic mass is 16.5. The highest BCUT2D eigenvalue weighted by Gasteiger charge is 2.45. The van der Waals surface area contributed by atoms with Crippen molar-refractivity contribution in [2.75, 3.05) is 31.6 Å². The van der Waals surface area contributed by atoms with Gasteiger partial charge in [-0.05, 0) is 93.0 Å². The molecular weight excluding hydrogens is 696 g/mol. The summed E-state index contributed by atoms with van der Waals surface area (Å²) < 4.78 is 5.83. The average Bonchev–Trinajstić information content (AvgIpc) is 3.43. The van der Waals surface area contributed by atoms with E-state index in [0.717, 1.165) is 35.5 Å². The first-order chi connectivity index (χ1) is 26.2. The number of carbonyl (C=O) groups excluding carboxylic acids is 7. The van der Waals surface area contributed by atoms with Crippen molar-refractivity contribution in [2.24, 2.45) is 0 Å². The molecule has 1 atom stereocenters. The van der Waals surface area contributed by atoms with E-state index in [4.69, 9.17) is 9.94 Å². The Labute approximate surface area is 312 Å². The Morgan fingerprint density at radius 2 is 1.54 bits per heavy atom. The van der Waals surface area contributed by atoms with E-state index in [1.807, 2.05) is 24.3 Å². The van der Waals surface area contributed by atoms with Crippen molar-refractivity contribution in [1.29, 1.82) is 0 Å². The standard InChI is InChI=1S/C39H44N6O9/c46-32(41-21-4-3-20-40-30-11-7-10-29-34(30)39(52)45(38(29)51)31-17-18-33(47)43-37(31)50)12-2-1-5-23-54-28-15-13-25(14-16-28)19-22-42-35(48)26-8-6-9-27(24-26)36(49)44-53/h6-11,13-16,24,31,40,53H,1-5,12,17-23H2,(H,41,46)(H,42,48)(H,44,49)(H,43,47,50). The zero-order chi connectivity index (χ0) is 38.5. The fourth-order valence-electron chi connectivity index (χ4n) is 6.25. The van der Waals surface area contributed by atoms with Crippen LogP contribution in [-0.2, 0) is 20.8 Å². The SMILES string of the molecule is O=C(CCCCCOc1ccc(CCNC(=O)c2cccc(C(=O)NO)c2)cc1)NCCCCNc1cccc2c1C(=O)N(C1CCC(=O)NC1=O)C2=O. The molecule has 54 heavy (non-hydrogen) atoms. The molecule has 1 fully saturated rings. The molecule has 1 saturated heterocycles. The number of ether oxygens (including phenoxy) is 1. The number of benzene rings is 3. The van der Waals surface area contributed by atoms with Gasteiger partial charge < -0.3 is 20.7 Å². The first-order valence-corrected chi connectivity index (χ1v) is 18.1. The summed E-state index contributed by atoms with van der Waals surface area (Å²) in [6.07, 6.45) is 4.99. The van der Waals surface area contributed by atoms with Gasteiger partial charge in [0.2, 0.25) is 17.7 Å². The van der Waals surface area contributed by atoms with Crippen LogP contribution < -0.4 is 31.5 Å². The van der Waals surface area contributed by atoms with Gasteiger partial charge in [-0.3, -0.25) is 49.0 Å². The maximum Gasteiger partial charge on any atom is 0.274 e. The van der Waals surface area contributed by atoms with Crippen molar-refractivity contribution in [3.63, 3.8) is 0 Å². The van der Waals surface area contributed by atoms with Gasteiger partial charge in [-0.15, -0.1) is 0 Å². The average molecular weight is 741 g/mol. The molecule has 2 aliphatic rings. The van der Waals surface area contributed by atoms with Crippen LogP contribution in [0, 0.1) is 0 Å². The monoisotopic (exact) mass is 740 g/mol. The third-order valence-corrected chi connectivity index (χ3v) is 9.14. The van der Waals surface area contributed by atoms with Gasteiger partial charge in [0.25, 0.3) is 23.6 Å². The van der Waals surface area contributed by atoms with Gasteiger partial charge in [0.15, 0.2) is 0 Å². The second-order valence-corrected chi connectivity index (χ2v) is 13.0. The molecule has 0 aromatic heterocycles. The molecule has 5 rings (SSSR count). The van der Waals surface area contributed by atoms with Crippen molar-refractivity contribution in [3.8, 4) is 5.75 Å². The molecular formula is C39H44N6O9. The number of piperidine rings is 1. The summed E-state index contributed by atoms with van der Waals surface area (Å²) in [7, 11) is 0. The molecule has 15 nitrogen and oxygen atoms in total. The molecule has 6 N–H and O–H groups in total. The highest BCUT2D eigenvalue weighted by Crippen LogP contribution is 2.32. The second-order valence-electron chi connectivity index (χ2n) is 13.0. The number of rotatable bonds is 19. The molecule has 284 valence electrons. The lowest BCUT2D eigenvalue weighted by molar-refractivity contribution is -0.136. The van der Waals surface area contributed by atoms with E-state index in [2.05, 4.69) is 21.3 Å². The van der Waals surface area contributed by atoms with Crippen molar-refractivity contribution in [2.45, 2.75) is 63.8 Å². The molecule has 0 saturated carbocycles. The minimum atomic E-state index is -1.02. The van der Waals surface area contributed by atoms with E-state index < -0.39 is 35.6 Å². The Morgan fingerprint density at radius 3 is 2.30 bits per heavy atom. The van der Waals surface area contributed by atoms with Crippen LogP contribution in [-0.4, -0.2) is 83.7 Å². The molecule has 3 aromatic carbocycles. The van der Waals surface area contributed by atoms with Crippen LogP contribution in [0.2, 0.25) is 0 Å². The maximum absolute atomic E-state index is 13.2. The molecule has 2 aliphatic heterocycles. The summed E-state index contributed by atoms with van der Waals surface area (Å²) in [5.41, 5.74) is 4.01. The maximum atomic E-state index is 13.2. The Kier molecular flexibility index (Phi) is 13.9. The molecule has 7 amide bonds. The Balaban J connectivity index is 0.895. The predicted molar refractivity (Wildman–Crippen MR) is 196 cm³/mol. The molecule has 1 unspecified atom stereocenters. The van der Waals surface area contributed by atoms with Gasteiger partial charge in [0, 0.05) is 49.3 Å². The third-order valence-electron chi connectivity index (χ3n) is 9.14. The van der Waals surface area contributed by atoms with Crippen molar-refractivity contribution >= 4 is 47.0 Å². The minimum absolute atomic E-state index is 0.0168. The first kappa shape index (κ1) is 39.1. The summed E-state index contributed by atoms with van der Waals surface area (Å²) in [4.78, 5) is 87.3. The van der Waals surface area contributed by atoms with Gasteiger partial charge in [0.1, 0.15) is 11.8 Å². The normalized spacial score (nSPS) is 15.0. The number of fused-ring (bicyclic) bond motifs is 1. The fraction of sp³-hybridized carbons (Fsp3) is 0.359. The molecule has 0 spiro atoms. The number of nitrogens with one attached hydrogen (secondary N) is 5. The highest BCUT2D eigenvalue weighted by molar-refractivity contribution is 6.25. The topological polar surface area (TPSA) is 212 Å². The molecule has 2 heterocycles. The predicted octanol–water partition coefficient (Wildman–Crippen LogP) is 3.13. The van der Waals surface area contributed by atoms with Crippen LogP contribution >= 0.6 is 0 Å². The number of carbonyl (C=O) groups is 7. The lowest BCUT2D eigenvalue weighted by Gasteiger charge is -2.27. The number of amides is 7. The van der Waals surface area contributed by atoms with E-state index in [1.165, 1.54) is 12.1 Å². The molecule has 3 aromatic rings. The zero-order valence-electron chi connectivity index (χ0n) is 29.8. The van der Waals surface area contributed by atoms with Crippen LogP contribution in [0.4, 0.5) is 5.69 Å². The van der Waals surface area contributed by atoms with Crippen LogP contribution in [0.15, 0.2) is 66.7 Å². The Bertz CT molecular complexity index is 1880. The lowest BCUT2D eigenvalue weighted by Crippen LogP contribution is -2.54. The van der Waals surface area contributed by atoms with Crippen LogP contribution in [0.3, 0.4) is 0 Å². The summed E-state index contributed by atoms with van der Waals surface area (Å²) in [6.45, 7) is 1.95. The summed E-state index contributed by atoms with van der Waals surface area (Å²) in [5.74, 6) is -2.47. The number of hydroxylamine groups is 1. The Hall–Kier alpha value is -6.09. The quantitative estimate of drug-likeness (QED) is 0.0458. The number of hydrogen-bond acceptors (Lipinski definition) is 10. The number of hydrogen-bond donors (Lipinski definition) is 6. The van der Waals surface area contributed by atoms with Gasteiger partial charge in [-0.2, -0.15) is 0 Å². The van der Waals surface area contributed by atoms with Gasteiger partial charge in [-0.1, -0.05) is 24.3 Å². The van der Waals surface area contributed by atoms with E-state index in [1.54, 1.807) is 35.8 Å². The lowest BCUT2D eigenvalue weighted by atomic mass is 10.0.